The molecule has 0 heterocycles. The van der Waals surface area contributed by atoms with Crippen molar-refractivity contribution in [3.63, 3.8) is 0 Å². The lowest BCUT2D eigenvalue weighted by Gasteiger charge is -2.18. The maximum Gasteiger partial charge on any atom is 0.407 e. The molecule has 2 aromatic rings. The van der Waals surface area contributed by atoms with Gasteiger partial charge in [0.2, 0.25) is 0 Å². The Hall–Kier alpha value is -3.35. The Bertz CT molecular complexity index is 897. The van der Waals surface area contributed by atoms with Crippen LogP contribution in [0, 0.1) is 13.8 Å². The van der Waals surface area contributed by atoms with E-state index in [1.807, 2.05) is 46.8 Å². The quantitative estimate of drug-likeness (QED) is 0.682. The highest BCUT2D eigenvalue weighted by molar-refractivity contribution is 5.91. The number of ether oxygens (including phenoxy) is 2. The molecule has 2 rings (SSSR count). The van der Waals surface area contributed by atoms with Crippen molar-refractivity contribution in [3.05, 3.63) is 70.3 Å². The van der Waals surface area contributed by atoms with E-state index in [4.69, 9.17) is 14.6 Å². The van der Waals surface area contributed by atoms with Gasteiger partial charge in [-0.15, -0.1) is 0 Å². The van der Waals surface area contributed by atoms with Crippen LogP contribution in [0.15, 0.2) is 42.5 Å². The van der Waals surface area contributed by atoms with Crippen molar-refractivity contribution in [1.82, 2.24) is 5.32 Å². The Morgan fingerprint density at radius 2 is 1.55 bits per heavy atom. The molecule has 0 radical (unpaired) electrons. The van der Waals surface area contributed by atoms with E-state index >= 15 is 0 Å². The van der Waals surface area contributed by atoms with Crippen molar-refractivity contribution in [3.8, 4) is 0 Å². The minimum atomic E-state index is -0.867. The van der Waals surface area contributed by atoms with Gasteiger partial charge in [0.15, 0.2) is 0 Å². The van der Waals surface area contributed by atoms with Gasteiger partial charge < -0.3 is 19.9 Å². The second-order valence-corrected chi connectivity index (χ2v) is 8.03. The van der Waals surface area contributed by atoms with Crippen LogP contribution in [0.25, 0.3) is 0 Å². The third-order valence-electron chi connectivity index (χ3n) is 3.95. The molecule has 31 heavy (non-hydrogen) atoms. The van der Waals surface area contributed by atoms with Gasteiger partial charge in [-0.3, -0.25) is 4.79 Å². The number of aliphatic carboxylic acids is 1. The molecule has 7 nitrogen and oxygen atoms in total. The molecule has 0 atom stereocenters. The van der Waals surface area contributed by atoms with Crippen molar-refractivity contribution in [2.45, 2.75) is 53.2 Å². The standard InChI is InChI=1S/C18H18O4.C6H13NO2/c1-12-3-8-16(13(2)9-12)18(21)22-11-15-6-4-14(5-7-15)10-17(19)20;1-6(2,3)9-5(8)7-4/h3-9H,10-11H2,1-2H3,(H,19,20);1-4H3,(H,7,8). The molecule has 0 unspecified atom stereocenters. The average molecular weight is 430 g/mol. The Labute approximate surface area is 183 Å². The molecular weight excluding hydrogens is 398 g/mol. The predicted octanol–water partition coefficient (Wildman–Crippen LogP) is 4.43. The molecule has 0 aliphatic carbocycles. The van der Waals surface area contributed by atoms with E-state index in [-0.39, 0.29) is 30.7 Å². The number of rotatable bonds is 5. The fourth-order valence-corrected chi connectivity index (χ4v) is 2.53. The van der Waals surface area contributed by atoms with Gasteiger partial charge >= 0.3 is 18.0 Å². The number of carbonyl (C=O) groups is 3. The molecule has 0 saturated heterocycles. The molecule has 168 valence electrons. The number of esters is 1. The van der Waals surface area contributed by atoms with Crippen LogP contribution >= 0.6 is 0 Å². The minimum Gasteiger partial charge on any atom is -0.481 e. The van der Waals surface area contributed by atoms with Crippen molar-refractivity contribution in [2.75, 3.05) is 7.05 Å². The van der Waals surface area contributed by atoms with Crippen LogP contribution in [0.3, 0.4) is 0 Å². The molecule has 0 aliphatic rings. The highest BCUT2D eigenvalue weighted by Crippen LogP contribution is 2.13. The number of nitrogens with one attached hydrogen (secondary N) is 1. The van der Waals surface area contributed by atoms with Crippen LogP contribution in [-0.2, 0) is 27.3 Å². The molecule has 2 N–H and O–H groups in total. The summed E-state index contributed by atoms with van der Waals surface area (Å²) < 4.78 is 10.1. The summed E-state index contributed by atoms with van der Waals surface area (Å²) in [4.78, 5) is 33.2. The molecule has 0 aromatic heterocycles. The van der Waals surface area contributed by atoms with Gasteiger partial charge in [-0.1, -0.05) is 42.0 Å². The van der Waals surface area contributed by atoms with E-state index in [0.717, 1.165) is 22.3 Å². The van der Waals surface area contributed by atoms with Gasteiger partial charge in [-0.05, 0) is 57.4 Å². The smallest absolute Gasteiger partial charge is 0.407 e. The first kappa shape index (κ1) is 25.7. The first-order chi connectivity index (χ1) is 14.4. The molecular formula is C24H31NO6. The number of hydrogen-bond acceptors (Lipinski definition) is 5. The highest BCUT2D eigenvalue weighted by atomic mass is 16.6. The van der Waals surface area contributed by atoms with E-state index in [9.17, 15) is 14.4 Å². The van der Waals surface area contributed by atoms with Crippen molar-refractivity contribution in [1.29, 1.82) is 0 Å². The Morgan fingerprint density at radius 3 is 2.00 bits per heavy atom. The Morgan fingerprint density at radius 1 is 0.968 bits per heavy atom. The number of hydrogen-bond donors (Lipinski definition) is 2. The maximum absolute atomic E-state index is 12.1. The van der Waals surface area contributed by atoms with Gasteiger partial charge in [-0.2, -0.15) is 0 Å². The van der Waals surface area contributed by atoms with E-state index in [1.54, 1.807) is 30.3 Å². The zero-order chi connectivity index (χ0) is 23.6. The molecule has 0 saturated carbocycles. The van der Waals surface area contributed by atoms with Crippen molar-refractivity contribution in [2.24, 2.45) is 0 Å². The predicted molar refractivity (Wildman–Crippen MR) is 118 cm³/mol. The van der Waals surface area contributed by atoms with Crippen LogP contribution < -0.4 is 5.32 Å². The molecule has 1 amide bonds. The molecule has 0 bridgehead atoms. The SMILES string of the molecule is CNC(=O)OC(C)(C)C.Cc1ccc(C(=O)OCc2ccc(CC(=O)O)cc2)c(C)c1. The fraction of sp³-hybridized carbons (Fsp3) is 0.375. The number of alkyl carbamates (subject to hydrolysis) is 1. The second kappa shape index (κ2) is 11.7. The van der Waals surface area contributed by atoms with Gasteiger partial charge in [0, 0.05) is 7.05 Å². The number of aryl methyl sites for hydroxylation is 2. The Balaban J connectivity index is 0.000000452. The van der Waals surface area contributed by atoms with Gasteiger partial charge in [0.25, 0.3) is 0 Å². The average Bonchev–Trinajstić information content (AvgIpc) is 2.66. The molecule has 7 heteroatoms. The number of amides is 1. The summed E-state index contributed by atoms with van der Waals surface area (Å²) in [6.45, 7) is 9.48. The third-order valence-corrected chi connectivity index (χ3v) is 3.95. The zero-order valence-electron chi connectivity index (χ0n) is 18.9. The zero-order valence-corrected chi connectivity index (χ0v) is 18.9. The van der Waals surface area contributed by atoms with Gasteiger partial charge in [-0.25, -0.2) is 9.59 Å². The highest BCUT2D eigenvalue weighted by Gasteiger charge is 2.14. The fourth-order valence-electron chi connectivity index (χ4n) is 2.53. The third kappa shape index (κ3) is 10.3. The van der Waals surface area contributed by atoms with Crippen LogP contribution in [0.2, 0.25) is 0 Å². The summed E-state index contributed by atoms with van der Waals surface area (Å²) in [5.74, 6) is -1.22. The molecule has 0 fully saturated rings. The van der Waals surface area contributed by atoms with Crippen LogP contribution in [-0.4, -0.2) is 35.8 Å². The lowest BCUT2D eigenvalue weighted by molar-refractivity contribution is -0.136. The lowest BCUT2D eigenvalue weighted by atomic mass is 10.1. The summed E-state index contributed by atoms with van der Waals surface area (Å²) in [5, 5.41) is 11.1. The van der Waals surface area contributed by atoms with Crippen LogP contribution in [0.1, 0.15) is 53.4 Å². The summed E-state index contributed by atoms with van der Waals surface area (Å²) in [7, 11) is 1.54. The van der Waals surface area contributed by atoms with Crippen molar-refractivity contribution < 1.29 is 29.0 Å². The molecule has 0 spiro atoms. The summed E-state index contributed by atoms with van der Waals surface area (Å²) in [5.41, 5.74) is 3.71. The van der Waals surface area contributed by atoms with Gasteiger partial charge in [0.1, 0.15) is 12.2 Å². The van der Waals surface area contributed by atoms with E-state index in [2.05, 4.69) is 5.32 Å². The number of carbonyl (C=O) groups excluding carboxylic acids is 2. The monoisotopic (exact) mass is 429 g/mol. The first-order valence-corrected chi connectivity index (χ1v) is 9.86. The Kier molecular flexibility index (Phi) is 9.73. The largest absolute Gasteiger partial charge is 0.481 e. The topological polar surface area (TPSA) is 102 Å². The van der Waals surface area contributed by atoms with Gasteiger partial charge in [0.05, 0.1) is 12.0 Å². The van der Waals surface area contributed by atoms with E-state index in [1.165, 1.54) is 7.05 Å². The van der Waals surface area contributed by atoms with E-state index in [0.29, 0.717) is 5.56 Å². The van der Waals surface area contributed by atoms with Crippen LogP contribution in [0.5, 0.6) is 0 Å². The van der Waals surface area contributed by atoms with E-state index < -0.39 is 5.97 Å². The number of benzene rings is 2. The summed E-state index contributed by atoms with van der Waals surface area (Å²) >= 11 is 0. The minimum absolute atomic E-state index is 0.0113. The van der Waals surface area contributed by atoms with Crippen LogP contribution in [0.4, 0.5) is 4.79 Å². The summed E-state index contributed by atoms with van der Waals surface area (Å²) in [6.07, 6.45) is -0.398. The lowest BCUT2D eigenvalue weighted by Crippen LogP contribution is -2.30. The van der Waals surface area contributed by atoms with Crippen molar-refractivity contribution >= 4 is 18.0 Å². The normalized spacial score (nSPS) is 10.4. The molecule has 0 aliphatic heterocycles. The first-order valence-electron chi connectivity index (χ1n) is 9.86. The second-order valence-electron chi connectivity index (χ2n) is 8.03. The molecule has 2 aromatic carbocycles. The number of carboxylic acids is 1. The number of carboxylic acid groups (broad SMARTS) is 1. The maximum atomic E-state index is 12.1. The summed E-state index contributed by atoms with van der Waals surface area (Å²) in [6, 6.07) is 12.6.